The van der Waals surface area contributed by atoms with Crippen molar-refractivity contribution >= 4 is 10.0 Å². The molecule has 0 aromatic rings. The summed E-state index contributed by atoms with van der Waals surface area (Å²) >= 11 is 0. The lowest BCUT2D eigenvalue weighted by Gasteiger charge is -2.33. The van der Waals surface area contributed by atoms with E-state index in [9.17, 15) is 8.42 Å². The van der Waals surface area contributed by atoms with Crippen molar-refractivity contribution in [1.82, 2.24) is 14.5 Å². The third-order valence-corrected chi connectivity index (χ3v) is 4.48. The largest absolute Gasteiger partial charge is 0.316 e. The number of hydrogen-bond donors (Lipinski definition) is 1. The summed E-state index contributed by atoms with van der Waals surface area (Å²) in [5, 5.41) is 3.42. The van der Waals surface area contributed by atoms with E-state index in [-0.39, 0.29) is 0 Å². The van der Waals surface area contributed by atoms with Crippen molar-refractivity contribution < 1.29 is 8.42 Å². The van der Waals surface area contributed by atoms with Gasteiger partial charge in [-0.1, -0.05) is 13.8 Å². The number of rotatable bonds is 7. The van der Waals surface area contributed by atoms with Crippen molar-refractivity contribution in [2.24, 2.45) is 5.92 Å². The molecule has 108 valence electrons. The van der Waals surface area contributed by atoms with Crippen LogP contribution < -0.4 is 5.32 Å². The summed E-state index contributed by atoms with van der Waals surface area (Å²) in [4.78, 5) is 2.35. The lowest BCUT2D eigenvalue weighted by molar-refractivity contribution is 0.187. The third kappa shape index (κ3) is 6.13. The van der Waals surface area contributed by atoms with Crippen molar-refractivity contribution in [1.29, 1.82) is 0 Å². The molecule has 1 N–H and O–H groups in total. The Morgan fingerprint density at radius 2 is 1.78 bits per heavy atom. The smallest absolute Gasteiger partial charge is 0.211 e. The van der Waals surface area contributed by atoms with E-state index in [2.05, 4.69) is 24.1 Å². The van der Waals surface area contributed by atoms with Gasteiger partial charge in [0.25, 0.3) is 0 Å². The van der Waals surface area contributed by atoms with Crippen LogP contribution in [0.3, 0.4) is 0 Å². The molecule has 1 saturated heterocycles. The molecule has 1 fully saturated rings. The highest BCUT2D eigenvalue weighted by atomic mass is 32.2. The van der Waals surface area contributed by atoms with Gasteiger partial charge in [0.2, 0.25) is 10.0 Å². The number of piperazine rings is 1. The molecule has 0 aromatic heterocycles. The molecule has 0 atom stereocenters. The van der Waals surface area contributed by atoms with E-state index in [1.54, 1.807) is 4.31 Å². The maximum atomic E-state index is 11.4. The Labute approximate surface area is 112 Å². The van der Waals surface area contributed by atoms with Crippen molar-refractivity contribution in [2.45, 2.75) is 20.3 Å². The Kier molecular flexibility index (Phi) is 6.55. The van der Waals surface area contributed by atoms with Crippen LogP contribution in [0.5, 0.6) is 0 Å². The first-order valence-electron chi connectivity index (χ1n) is 6.78. The van der Waals surface area contributed by atoms with Crippen molar-refractivity contribution in [2.75, 3.05) is 52.1 Å². The molecule has 18 heavy (non-hydrogen) atoms. The second-order valence-electron chi connectivity index (χ2n) is 5.46. The minimum atomic E-state index is -2.99. The van der Waals surface area contributed by atoms with Crippen LogP contribution in [0.2, 0.25) is 0 Å². The van der Waals surface area contributed by atoms with E-state index in [1.165, 1.54) is 6.26 Å². The van der Waals surface area contributed by atoms with Gasteiger partial charge in [0, 0.05) is 26.2 Å². The molecule has 0 amide bonds. The average molecular weight is 277 g/mol. The van der Waals surface area contributed by atoms with Crippen LogP contribution in [0.15, 0.2) is 0 Å². The van der Waals surface area contributed by atoms with Crippen LogP contribution in [-0.4, -0.2) is 69.7 Å². The van der Waals surface area contributed by atoms with Gasteiger partial charge >= 0.3 is 0 Å². The van der Waals surface area contributed by atoms with Crippen LogP contribution in [0.4, 0.5) is 0 Å². The molecule has 5 nitrogen and oxygen atoms in total. The highest BCUT2D eigenvalue weighted by Crippen LogP contribution is 2.06. The molecule has 0 bridgehead atoms. The number of hydrogen-bond acceptors (Lipinski definition) is 4. The van der Waals surface area contributed by atoms with Gasteiger partial charge < -0.3 is 10.2 Å². The first kappa shape index (κ1) is 15.9. The molecule has 0 radical (unpaired) electrons. The lowest BCUT2D eigenvalue weighted by atomic mass is 10.2. The van der Waals surface area contributed by atoms with Gasteiger partial charge in [0.1, 0.15) is 0 Å². The minimum absolute atomic E-state index is 0.637. The second-order valence-corrected chi connectivity index (χ2v) is 7.44. The highest BCUT2D eigenvalue weighted by molar-refractivity contribution is 7.88. The predicted octanol–water partition coefficient (Wildman–Crippen LogP) is 0.199. The molecule has 1 aliphatic rings. The van der Waals surface area contributed by atoms with Gasteiger partial charge in [0.15, 0.2) is 0 Å². The normalized spacial score (nSPS) is 19.6. The van der Waals surface area contributed by atoms with Gasteiger partial charge in [-0.05, 0) is 32.0 Å². The zero-order valence-electron chi connectivity index (χ0n) is 11.9. The van der Waals surface area contributed by atoms with Crippen LogP contribution in [0.25, 0.3) is 0 Å². The predicted molar refractivity (Wildman–Crippen MR) is 75.2 cm³/mol. The summed E-state index contributed by atoms with van der Waals surface area (Å²) in [6.07, 6.45) is 2.42. The molecule has 0 saturated carbocycles. The highest BCUT2D eigenvalue weighted by Gasteiger charge is 2.22. The molecule has 1 aliphatic heterocycles. The van der Waals surface area contributed by atoms with Crippen LogP contribution in [0, 0.1) is 5.92 Å². The lowest BCUT2D eigenvalue weighted by Crippen LogP contribution is -2.48. The second kappa shape index (κ2) is 7.43. The van der Waals surface area contributed by atoms with Crippen LogP contribution >= 0.6 is 0 Å². The third-order valence-electron chi connectivity index (χ3n) is 3.18. The molecular weight excluding hydrogens is 250 g/mol. The first-order chi connectivity index (χ1) is 8.39. The fourth-order valence-electron chi connectivity index (χ4n) is 2.10. The van der Waals surface area contributed by atoms with E-state index in [0.717, 1.165) is 39.1 Å². The maximum absolute atomic E-state index is 11.4. The van der Waals surface area contributed by atoms with E-state index in [1.807, 2.05) is 0 Å². The SMILES string of the molecule is CC(C)CNCCCN1CCN(S(C)(=O)=O)CC1. The monoisotopic (exact) mass is 277 g/mol. The number of sulfonamides is 1. The Hall–Kier alpha value is -0.170. The van der Waals surface area contributed by atoms with Crippen molar-refractivity contribution in [3.05, 3.63) is 0 Å². The summed E-state index contributed by atoms with van der Waals surface area (Å²) in [6, 6.07) is 0. The Bertz CT molecular complexity index is 322. The molecule has 0 unspecified atom stereocenters. The van der Waals surface area contributed by atoms with Gasteiger partial charge in [0.05, 0.1) is 6.26 Å². The van der Waals surface area contributed by atoms with Crippen LogP contribution in [0.1, 0.15) is 20.3 Å². The van der Waals surface area contributed by atoms with E-state index < -0.39 is 10.0 Å². The fourth-order valence-corrected chi connectivity index (χ4v) is 2.93. The Morgan fingerprint density at radius 3 is 2.28 bits per heavy atom. The van der Waals surface area contributed by atoms with Gasteiger partial charge in [-0.15, -0.1) is 0 Å². The van der Waals surface area contributed by atoms with Gasteiger partial charge in [-0.2, -0.15) is 4.31 Å². The molecular formula is C12H27N3O2S. The first-order valence-corrected chi connectivity index (χ1v) is 8.62. The van der Waals surface area contributed by atoms with Crippen molar-refractivity contribution in [3.63, 3.8) is 0 Å². The number of nitrogens with zero attached hydrogens (tertiary/aromatic N) is 2. The number of nitrogens with one attached hydrogen (secondary N) is 1. The minimum Gasteiger partial charge on any atom is -0.316 e. The Morgan fingerprint density at radius 1 is 1.17 bits per heavy atom. The summed E-state index contributed by atoms with van der Waals surface area (Å²) < 4.78 is 24.3. The molecule has 0 aliphatic carbocycles. The molecule has 1 heterocycles. The quantitative estimate of drug-likeness (QED) is 0.676. The fraction of sp³-hybridized carbons (Fsp3) is 1.00. The van der Waals surface area contributed by atoms with E-state index in [4.69, 9.17) is 0 Å². The maximum Gasteiger partial charge on any atom is 0.211 e. The molecule has 0 spiro atoms. The Balaban J connectivity index is 2.09. The molecule has 1 rings (SSSR count). The summed E-state index contributed by atoms with van der Waals surface area (Å²) in [6.45, 7) is 10.6. The van der Waals surface area contributed by atoms with E-state index in [0.29, 0.717) is 19.0 Å². The average Bonchev–Trinajstić information content (AvgIpc) is 2.27. The van der Waals surface area contributed by atoms with Gasteiger partial charge in [-0.25, -0.2) is 8.42 Å². The summed E-state index contributed by atoms with van der Waals surface area (Å²) in [5.41, 5.74) is 0. The standard InChI is InChI=1S/C12H27N3O2S/c1-12(2)11-13-5-4-6-14-7-9-15(10-8-14)18(3,16)17/h12-13H,4-11H2,1-3H3. The zero-order chi connectivity index (χ0) is 13.6. The van der Waals surface area contributed by atoms with Gasteiger partial charge in [-0.3, -0.25) is 0 Å². The van der Waals surface area contributed by atoms with Crippen molar-refractivity contribution in [3.8, 4) is 0 Å². The summed E-state index contributed by atoms with van der Waals surface area (Å²) in [7, 11) is -2.99. The summed E-state index contributed by atoms with van der Waals surface area (Å²) in [5.74, 6) is 0.698. The zero-order valence-corrected chi connectivity index (χ0v) is 12.7. The molecule has 0 aromatic carbocycles. The molecule has 6 heteroatoms. The van der Waals surface area contributed by atoms with E-state index >= 15 is 0 Å². The topological polar surface area (TPSA) is 52.6 Å². The van der Waals surface area contributed by atoms with Crippen LogP contribution in [-0.2, 0) is 10.0 Å².